The van der Waals surface area contributed by atoms with Crippen molar-refractivity contribution in [3.63, 3.8) is 0 Å². The lowest BCUT2D eigenvalue weighted by Gasteiger charge is -1.98. The van der Waals surface area contributed by atoms with Crippen LogP contribution in [0, 0.1) is 0 Å². The van der Waals surface area contributed by atoms with Gasteiger partial charge in [-0.2, -0.15) is 0 Å². The third-order valence-corrected chi connectivity index (χ3v) is 3.39. The number of rotatable bonds is 3. The maximum absolute atomic E-state index is 4.41. The third-order valence-electron chi connectivity index (χ3n) is 2.74. The van der Waals surface area contributed by atoms with E-state index < -0.39 is 0 Å². The number of hydrogen-bond acceptors (Lipinski definition) is 3. The van der Waals surface area contributed by atoms with Crippen LogP contribution < -0.4 is 0 Å². The van der Waals surface area contributed by atoms with Crippen molar-refractivity contribution in [3.05, 3.63) is 60.2 Å². The van der Waals surface area contributed by atoms with Gasteiger partial charge in [0.2, 0.25) is 5.82 Å². The molecule has 0 bridgehead atoms. The van der Waals surface area contributed by atoms with Gasteiger partial charge in [-0.3, -0.25) is 0 Å². The molecule has 94 valence electrons. The first-order valence-corrected chi connectivity index (χ1v) is 7.00. The molecule has 0 amide bonds. The van der Waals surface area contributed by atoms with Gasteiger partial charge in [0.25, 0.3) is 0 Å². The molecule has 0 aliphatic carbocycles. The lowest BCUT2D eigenvalue weighted by atomic mass is 10.1. The maximum atomic E-state index is 4.41. The molecular formula is C14H11BrN4. The molecule has 0 N–H and O–H groups in total. The van der Waals surface area contributed by atoms with E-state index in [0.717, 1.165) is 16.6 Å². The Labute approximate surface area is 119 Å². The van der Waals surface area contributed by atoms with Gasteiger partial charge in [0.05, 0.1) is 5.69 Å². The molecule has 3 aromatic rings. The van der Waals surface area contributed by atoms with E-state index in [4.69, 9.17) is 0 Å². The summed E-state index contributed by atoms with van der Waals surface area (Å²) >= 11 is 3.44. The number of nitrogens with zero attached hydrogens (tertiary/aromatic N) is 4. The average molecular weight is 315 g/mol. The van der Waals surface area contributed by atoms with E-state index >= 15 is 0 Å². The van der Waals surface area contributed by atoms with E-state index in [1.165, 1.54) is 10.4 Å². The van der Waals surface area contributed by atoms with Gasteiger partial charge in [-0.05, 0) is 29.0 Å². The zero-order chi connectivity index (χ0) is 13.1. The van der Waals surface area contributed by atoms with E-state index in [1.807, 2.05) is 42.5 Å². The van der Waals surface area contributed by atoms with Gasteiger partial charge in [-0.1, -0.05) is 52.3 Å². The van der Waals surface area contributed by atoms with Gasteiger partial charge in [-0.15, -0.1) is 15.0 Å². The Morgan fingerprint density at radius 1 is 1.00 bits per heavy atom. The normalized spacial score (nSPS) is 10.6. The van der Waals surface area contributed by atoms with E-state index in [1.54, 1.807) is 0 Å². The monoisotopic (exact) mass is 314 g/mol. The molecule has 0 atom stereocenters. The molecule has 0 unspecified atom stereocenters. The van der Waals surface area contributed by atoms with Gasteiger partial charge in [0, 0.05) is 10.9 Å². The largest absolute Gasteiger partial charge is 0.205 e. The van der Waals surface area contributed by atoms with Gasteiger partial charge < -0.3 is 0 Å². The lowest BCUT2D eigenvalue weighted by Crippen LogP contribution is -1.98. The minimum atomic E-state index is 0.631. The van der Waals surface area contributed by atoms with Crippen LogP contribution in [0.15, 0.2) is 54.6 Å². The van der Waals surface area contributed by atoms with Crippen LogP contribution >= 0.6 is 15.9 Å². The fourth-order valence-corrected chi connectivity index (χ4v) is 2.14. The summed E-state index contributed by atoms with van der Waals surface area (Å²) in [5, 5.41) is 13.4. The zero-order valence-electron chi connectivity index (χ0n) is 10.1. The Morgan fingerprint density at radius 3 is 2.63 bits per heavy atom. The number of aromatic nitrogens is 4. The van der Waals surface area contributed by atoms with Crippen molar-refractivity contribution in [1.82, 2.24) is 20.2 Å². The summed E-state index contributed by atoms with van der Waals surface area (Å²) in [4.78, 5) is 1.54. The highest BCUT2D eigenvalue weighted by Crippen LogP contribution is 2.17. The number of hydrogen-bond donors (Lipinski definition) is 0. The van der Waals surface area contributed by atoms with Crippen LogP contribution in [0.25, 0.3) is 17.1 Å². The van der Waals surface area contributed by atoms with Crippen LogP contribution in [0.2, 0.25) is 0 Å². The van der Waals surface area contributed by atoms with Crippen molar-refractivity contribution in [2.45, 2.75) is 5.33 Å². The minimum Gasteiger partial charge on any atom is -0.130 e. The van der Waals surface area contributed by atoms with Crippen molar-refractivity contribution in [3.8, 4) is 17.1 Å². The first kappa shape index (κ1) is 12.0. The summed E-state index contributed by atoms with van der Waals surface area (Å²) in [7, 11) is 0. The summed E-state index contributed by atoms with van der Waals surface area (Å²) in [6.07, 6.45) is 0. The first-order chi connectivity index (χ1) is 9.36. The highest BCUT2D eigenvalue weighted by molar-refractivity contribution is 9.08. The summed E-state index contributed by atoms with van der Waals surface area (Å²) in [5.41, 5.74) is 3.06. The first-order valence-electron chi connectivity index (χ1n) is 5.87. The summed E-state index contributed by atoms with van der Waals surface area (Å²) in [6, 6.07) is 17.8. The molecule has 3 rings (SSSR count). The van der Waals surface area contributed by atoms with Crippen molar-refractivity contribution < 1.29 is 0 Å². The van der Waals surface area contributed by atoms with Crippen LogP contribution in [0.3, 0.4) is 0 Å². The molecule has 0 aliphatic rings. The molecule has 0 aliphatic heterocycles. The predicted molar refractivity (Wildman–Crippen MR) is 77.2 cm³/mol. The number of benzene rings is 2. The Kier molecular flexibility index (Phi) is 3.37. The highest BCUT2D eigenvalue weighted by atomic mass is 79.9. The van der Waals surface area contributed by atoms with Crippen molar-refractivity contribution >= 4 is 15.9 Å². The van der Waals surface area contributed by atoms with Crippen LogP contribution in [-0.2, 0) is 5.33 Å². The molecule has 5 heteroatoms. The van der Waals surface area contributed by atoms with Crippen LogP contribution in [0.4, 0.5) is 0 Å². The molecule has 0 saturated carbocycles. The summed E-state index contributed by atoms with van der Waals surface area (Å²) < 4.78 is 0. The van der Waals surface area contributed by atoms with Gasteiger partial charge in [0.1, 0.15) is 0 Å². The molecule has 0 spiro atoms. The standard InChI is InChI=1S/C14H11BrN4/c15-10-11-5-4-6-12(9-11)14-16-18-19(17-14)13-7-2-1-3-8-13/h1-9H,10H2. The van der Waals surface area contributed by atoms with Gasteiger partial charge in [-0.25, -0.2) is 0 Å². The number of para-hydroxylation sites is 1. The number of alkyl halides is 1. The van der Waals surface area contributed by atoms with E-state index in [2.05, 4.69) is 43.5 Å². The second kappa shape index (κ2) is 5.32. The van der Waals surface area contributed by atoms with Gasteiger partial charge in [0.15, 0.2) is 0 Å². The molecule has 1 heterocycles. The second-order valence-electron chi connectivity index (χ2n) is 4.07. The fraction of sp³-hybridized carbons (Fsp3) is 0.0714. The second-order valence-corrected chi connectivity index (χ2v) is 4.63. The molecule has 1 aromatic heterocycles. The molecular weight excluding hydrogens is 304 g/mol. The number of halogens is 1. The zero-order valence-corrected chi connectivity index (χ0v) is 11.7. The molecule has 0 radical (unpaired) electrons. The highest BCUT2D eigenvalue weighted by Gasteiger charge is 2.07. The third kappa shape index (κ3) is 2.56. The Bertz CT molecular complexity index is 679. The Hall–Kier alpha value is -2.01. The predicted octanol–water partition coefficient (Wildman–Crippen LogP) is 3.22. The smallest absolute Gasteiger partial charge is 0.130 e. The number of tetrazole rings is 1. The Balaban J connectivity index is 1.97. The molecule has 4 nitrogen and oxygen atoms in total. The SMILES string of the molecule is BrCc1cccc(-c2nnn(-c3ccccc3)n2)c1. The fourth-order valence-electron chi connectivity index (χ4n) is 1.79. The van der Waals surface area contributed by atoms with Gasteiger partial charge >= 0.3 is 0 Å². The lowest BCUT2D eigenvalue weighted by molar-refractivity contribution is 0.720. The Morgan fingerprint density at radius 2 is 1.84 bits per heavy atom. The van der Waals surface area contributed by atoms with Crippen molar-refractivity contribution in [2.24, 2.45) is 0 Å². The van der Waals surface area contributed by atoms with Crippen molar-refractivity contribution in [2.75, 3.05) is 0 Å². The van der Waals surface area contributed by atoms with Crippen LogP contribution in [-0.4, -0.2) is 20.2 Å². The average Bonchev–Trinajstić information content (AvgIpc) is 2.98. The molecule has 0 fully saturated rings. The quantitative estimate of drug-likeness (QED) is 0.697. The molecule has 2 aromatic carbocycles. The molecule has 19 heavy (non-hydrogen) atoms. The van der Waals surface area contributed by atoms with Crippen LogP contribution in [0.5, 0.6) is 0 Å². The maximum Gasteiger partial charge on any atom is 0.205 e. The minimum absolute atomic E-state index is 0.631. The summed E-state index contributed by atoms with van der Waals surface area (Å²) in [6.45, 7) is 0. The van der Waals surface area contributed by atoms with Crippen LogP contribution in [0.1, 0.15) is 5.56 Å². The van der Waals surface area contributed by atoms with Crippen molar-refractivity contribution in [1.29, 1.82) is 0 Å². The molecule has 0 saturated heterocycles. The van der Waals surface area contributed by atoms with E-state index in [9.17, 15) is 0 Å². The summed E-state index contributed by atoms with van der Waals surface area (Å²) in [5.74, 6) is 0.631. The topological polar surface area (TPSA) is 43.6 Å². The van der Waals surface area contributed by atoms with E-state index in [0.29, 0.717) is 5.82 Å². The van der Waals surface area contributed by atoms with E-state index in [-0.39, 0.29) is 0 Å².